The van der Waals surface area contributed by atoms with Crippen LogP contribution in [-0.4, -0.2) is 40.4 Å². The molecule has 3 aromatic carbocycles. The van der Waals surface area contributed by atoms with Crippen LogP contribution >= 0.6 is 0 Å². The number of ether oxygens (including phenoxy) is 4. The lowest BCUT2D eigenvalue weighted by Gasteiger charge is -2.12. The van der Waals surface area contributed by atoms with Crippen LogP contribution in [0.1, 0.15) is 27.9 Å². The lowest BCUT2D eigenvalue weighted by molar-refractivity contribution is 0.100. The topological polar surface area (TPSA) is 66.4 Å². The van der Waals surface area contributed by atoms with E-state index in [2.05, 4.69) is 4.99 Å². The Morgan fingerprint density at radius 3 is 2.06 bits per heavy atom. The number of ketones is 1. The summed E-state index contributed by atoms with van der Waals surface area (Å²) >= 11 is 0. The number of Topliss-reactive ketones (excluding diaryl/α,β-unsaturated/α-hetero) is 1. The largest absolute Gasteiger partial charge is 0.497 e. The molecule has 6 nitrogen and oxygen atoms in total. The summed E-state index contributed by atoms with van der Waals surface area (Å²) in [5.74, 6) is 2.46. The van der Waals surface area contributed by atoms with Crippen LogP contribution in [0.15, 0.2) is 65.7 Å². The molecule has 0 saturated heterocycles. The van der Waals surface area contributed by atoms with Gasteiger partial charge in [-0.1, -0.05) is 24.3 Å². The monoisotopic (exact) mass is 445 g/mol. The number of rotatable bonds is 10. The molecular weight excluding hydrogens is 418 g/mol. The highest BCUT2D eigenvalue weighted by Crippen LogP contribution is 2.38. The molecule has 0 amide bonds. The summed E-state index contributed by atoms with van der Waals surface area (Å²) in [5.41, 5.74) is 3.28. The zero-order valence-electron chi connectivity index (χ0n) is 19.2. The highest BCUT2D eigenvalue weighted by atomic mass is 16.5. The van der Waals surface area contributed by atoms with E-state index in [0.29, 0.717) is 22.8 Å². The Morgan fingerprint density at radius 2 is 1.45 bits per heavy atom. The van der Waals surface area contributed by atoms with Gasteiger partial charge in [-0.15, -0.1) is 0 Å². The Balaban J connectivity index is 1.69. The number of methoxy groups -OCH3 is 4. The van der Waals surface area contributed by atoms with E-state index in [4.69, 9.17) is 18.9 Å². The van der Waals surface area contributed by atoms with Crippen LogP contribution in [0, 0.1) is 0 Å². The molecule has 3 aromatic rings. The van der Waals surface area contributed by atoms with Crippen molar-refractivity contribution in [2.45, 2.75) is 6.42 Å². The maximum Gasteiger partial charge on any atom is 0.203 e. The van der Waals surface area contributed by atoms with Gasteiger partial charge in [0.1, 0.15) is 5.75 Å². The van der Waals surface area contributed by atoms with Crippen molar-refractivity contribution in [1.29, 1.82) is 0 Å². The zero-order valence-corrected chi connectivity index (χ0v) is 19.2. The Morgan fingerprint density at radius 1 is 0.788 bits per heavy atom. The van der Waals surface area contributed by atoms with Gasteiger partial charge in [0.15, 0.2) is 17.3 Å². The lowest BCUT2D eigenvalue weighted by Crippen LogP contribution is -1.99. The summed E-state index contributed by atoms with van der Waals surface area (Å²) in [5, 5.41) is 0. The van der Waals surface area contributed by atoms with Gasteiger partial charge in [0.05, 0.1) is 34.1 Å². The second-order valence-electron chi connectivity index (χ2n) is 7.05. The van der Waals surface area contributed by atoms with Gasteiger partial charge < -0.3 is 18.9 Å². The van der Waals surface area contributed by atoms with Gasteiger partial charge in [-0.2, -0.15) is 0 Å². The Labute approximate surface area is 194 Å². The maximum atomic E-state index is 12.3. The van der Waals surface area contributed by atoms with Gasteiger partial charge in [-0.25, -0.2) is 0 Å². The van der Waals surface area contributed by atoms with Gasteiger partial charge in [0.25, 0.3) is 0 Å². The predicted octanol–water partition coefficient (Wildman–Crippen LogP) is 5.87. The van der Waals surface area contributed by atoms with E-state index < -0.39 is 0 Å². The third kappa shape index (κ3) is 6.23. The van der Waals surface area contributed by atoms with Crippen LogP contribution in [0.5, 0.6) is 23.0 Å². The first-order valence-corrected chi connectivity index (χ1v) is 10.4. The third-order valence-corrected chi connectivity index (χ3v) is 4.95. The normalized spacial score (nSPS) is 11.0. The number of hydrogen-bond acceptors (Lipinski definition) is 6. The summed E-state index contributed by atoms with van der Waals surface area (Å²) in [6.45, 7) is 0. The molecule has 170 valence electrons. The van der Waals surface area contributed by atoms with Crippen LogP contribution in [0.4, 0.5) is 5.69 Å². The Bertz CT molecular complexity index is 1120. The molecule has 6 heteroatoms. The average molecular weight is 446 g/mol. The molecule has 0 N–H and O–H groups in total. The Hall–Kier alpha value is -4.06. The van der Waals surface area contributed by atoms with Gasteiger partial charge in [0, 0.05) is 18.2 Å². The van der Waals surface area contributed by atoms with Crippen molar-refractivity contribution in [2.24, 2.45) is 4.99 Å². The summed E-state index contributed by atoms with van der Waals surface area (Å²) < 4.78 is 21.3. The van der Waals surface area contributed by atoms with Crippen LogP contribution in [0.25, 0.3) is 12.2 Å². The molecule has 0 heterocycles. The first-order chi connectivity index (χ1) is 16.1. The fourth-order valence-corrected chi connectivity index (χ4v) is 3.23. The first kappa shape index (κ1) is 23.6. The molecule has 0 aliphatic heterocycles. The minimum absolute atomic E-state index is 0.000135. The molecule has 0 radical (unpaired) electrons. The standard InChI is InChI=1S/C27H27NO5/c1-30-23-12-10-21(11-13-23)24(29)14-15-28-22-7-5-6-19(16-22)8-9-20-17-25(31-2)27(33-4)26(18-20)32-3/h5-13,15-18H,14H2,1-4H3/b9-8-,28-15?. The van der Waals surface area contributed by atoms with Crippen LogP contribution in [0.2, 0.25) is 0 Å². The minimum atomic E-state index is -0.000135. The van der Waals surface area contributed by atoms with E-state index in [0.717, 1.165) is 22.6 Å². The molecule has 0 spiro atoms. The van der Waals surface area contributed by atoms with Crippen molar-refractivity contribution in [3.8, 4) is 23.0 Å². The van der Waals surface area contributed by atoms with E-state index >= 15 is 0 Å². The summed E-state index contributed by atoms with van der Waals surface area (Å²) in [6, 6.07) is 18.6. The van der Waals surface area contributed by atoms with Gasteiger partial charge in [-0.05, 0) is 59.7 Å². The van der Waals surface area contributed by atoms with Gasteiger partial charge in [-0.3, -0.25) is 9.79 Å². The molecule has 0 bridgehead atoms. The second-order valence-corrected chi connectivity index (χ2v) is 7.05. The van der Waals surface area contributed by atoms with Crippen LogP contribution < -0.4 is 18.9 Å². The molecule has 0 fully saturated rings. The molecule has 33 heavy (non-hydrogen) atoms. The number of hydrogen-bond donors (Lipinski definition) is 0. The van der Waals surface area contributed by atoms with E-state index in [1.165, 1.54) is 0 Å². The van der Waals surface area contributed by atoms with Crippen molar-refractivity contribution in [2.75, 3.05) is 28.4 Å². The fraction of sp³-hybridized carbons (Fsp3) is 0.185. The first-order valence-electron chi connectivity index (χ1n) is 10.4. The van der Waals surface area contributed by atoms with Crippen molar-refractivity contribution < 1.29 is 23.7 Å². The smallest absolute Gasteiger partial charge is 0.203 e. The minimum Gasteiger partial charge on any atom is -0.497 e. The SMILES string of the molecule is COc1ccc(C(=O)CC=Nc2cccc(/C=C\c3cc(OC)c(OC)c(OC)c3)c2)cc1. The van der Waals surface area contributed by atoms with E-state index in [9.17, 15) is 4.79 Å². The number of aliphatic imine (C=N–C) groups is 1. The van der Waals surface area contributed by atoms with Crippen molar-refractivity contribution >= 4 is 29.8 Å². The van der Waals surface area contributed by atoms with Crippen molar-refractivity contribution in [3.05, 3.63) is 77.4 Å². The highest BCUT2D eigenvalue weighted by molar-refractivity contribution is 6.03. The van der Waals surface area contributed by atoms with Gasteiger partial charge in [0.2, 0.25) is 5.75 Å². The molecular formula is C27H27NO5. The average Bonchev–Trinajstić information content (AvgIpc) is 2.86. The van der Waals surface area contributed by atoms with Crippen molar-refractivity contribution in [3.63, 3.8) is 0 Å². The van der Waals surface area contributed by atoms with E-state index in [-0.39, 0.29) is 12.2 Å². The maximum absolute atomic E-state index is 12.3. The van der Waals surface area contributed by atoms with Crippen LogP contribution in [0.3, 0.4) is 0 Å². The summed E-state index contributed by atoms with van der Waals surface area (Å²) in [7, 11) is 6.35. The fourth-order valence-electron chi connectivity index (χ4n) is 3.23. The second kappa shape index (κ2) is 11.5. The van der Waals surface area contributed by atoms with E-state index in [1.54, 1.807) is 58.9 Å². The summed E-state index contributed by atoms with van der Waals surface area (Å²) in [4.78, 5) is 16.8. The number of carbonyl (C=O) groups excluding carboxylic acids is 1. The molecule has 0 aliphatic carbocycles. The van der Waals surface area contributed by atoms with Gasteiger partial charge >= 0.3 is 0 Å². The Kier molecular flexibility index (Phi) is 8.24. The third-order valence-electron chi connectivity index (χ3n) is 4.95. The molecule has 3 rings (SSSR count). The zero-order chi connectivity index (χ0) is 23.6. The summed E-state index contributed by atoms with van der Waals surface area (Å²) in [6.07, 6.45) is 5.79. The van der Waals surface area contributed by atoms with Crippen LogP contribution in [-0.2, 0) is 0 Å². The van der Waals surface area contributed by atoms with Crippen molar-refractivity contribution in [1.82, 2.24) is 0 Å². The number of nitrogens with zero attached hydrogens (tertiary/aromatic N) is 1. The molecule has 0 unspecified atom stereocenters. The quantitative estimate of drug-likeness (QED) is 0.222. The molecule has 0 aromatic heterocycles. The molecule has 0 saturated carbocycles. The predicted molar refractivity (Wildman–Crippen MR) is 132 cm³/mol. The highest BCUT2D eigenvalue weighted by Gasteiger charge is 2.12. The molecule has 0 atom stereocenters. The van der Waals surface area contributed by atoms with E-state index in [1.807, 2.05) is 48.6 Å². The molecule has 0 aliphatic rings. The number of carbonyl (C=O) groups is 1. The number of benzene rings is 3. The lowest BCUT2D eigenvalue weighted by atomic mass is 10.1.